The number of thiophene rings is 1. The second kappa shape index (κ2) is 18.5. The van der Waals surface area contributed by atoms with Gasteiger partial charge in [0.1, 0.15) is 0 Å². The number of hydrogen-bond acceptors (Lipinski definition) is 3. The predicted octanol–water partition coefficient (Wildman–Crippen LogP) is 13.4. The van der Waals surface area contributed by atoms with Crippen LogP contribution < -0.4 is 12.4 Å². The van der Waals surface area contributed by atoms with Crippen molar-refractivity contribution in [2.75, 3.05) is 13.2 Å². The summed E-state index contributed by atoms with van der Waals surface area (Å²) in [6, 6.07) is 14.3. The molecule has 1 aliphatic carbocycles. The molecule has 1 aromatic heterocycles. The molecule has 0 saturated carbocycles. The first-order valence-electron chi connectivity index (χ1n) is 20.2. The predicted molar refractivity (Wildman–Crippen MR) is 217 cm³/mol. The Hall–Kier alpha value is -1.90. The first-order chi connectivity index (χ1) is 24.0. The van der Waals surface area contributed by atoms with Crippen LogP contribution in [0.25, 0.3) is 21.6 Å². The van der Waals surface area contributed by atoms with E-state index in [0.29, 0.717) is 13.2 Å². The molecule has 0 fully saturated rings. The number of hydrogen-bond donors (Lipinski definition) is 0. The average Bonchev–Trinajstić information content (AvgIpc) is 3.66. The van der Waals surface area contributed by atoms with E-state index < -0.39 is 18.4 Å². The average molecular weight is 788 g/mol. The molecule has 1 aliphatic heterocycles. The van der Waals surface area contributed by atoms with Gasteiger partial charge in [-0.25, -0.2) is 0 Å². The number of terminal acetylenes is 1. The van der Waals surface area contributed by atoms with Crippen LogP contribution in [0.5, 0.6) is 11.5 Å². The quantitative estimate of drug-likeness (QED) is 0.0608. The molecule has 2 nitrogen and oxygen atoms in total. The molecule has 266 valence electrons. The molecule has 5 rings (SSSR count). The molecule has 0 radical (unpaired) electrons. The van der Waals surface area contributed by atoms with Crippen molar-refractivity contribution in [3.63, 3.8) is 0 Å². The molecule has 49 heavy (non-hydrogen) atoms. The molecular formula is C45H64O2SSn. The van der Waals surface area contributed by atoms with Crippen molar-refractivity contribution in [1.82, 2.24) is 0 Å². The van der Waals surface area contributed by atoms with Gasteiger partial charge in [-0.2, -0.15) is 0 Å². The third kappa shape index (κ3) is 8.27. The third-order valence-corrected chi connectivity index (χ3v) is 31.0. The molecule has 0 saturated heterocycles. The van der Waals surface area contributed by atoms with Gasteiger partial charge >= 0.3 is 296 Å². The molecule has 2 aliphatic rings. The SMILES string of the molecule is C#Cc1ccc2c(c1)C(CCCCCC)(CCCCCC)c1cc(-c3s[c]([Sn]([CH2]CCC)([CH2]CCC)[CH2]CCC)c4c3OCCO4)ccc1-2. The summed E-state index contributed by atoms with van der Waals surface area (Å²) in [6.07, 6.45) is 26.5. The summed E-state index contributed by atoms with van der Waals surface area (Å²) >= 11 is -0.700. The van der Waals surface area contributed by atoms with Crippen molar-refractivity contribution in [3.8, 4) is 45.4 Å². The Bertz CT molecular complexity index is 1510. The first-order valence-corrected chi connectivity index (χ1v) is 28.5. The van der Waals surface area contributed by atoms with Gasteiger partial charge in [0.15, 0.2) is 0 Å². The van der Waals surface area contributed by atoms with Crippen molar-refractivity contribution in [3.05, 3.63) is 53.1 Å². The van der Waals surface area contributed by atoms with E-state index in [9.17, 15) is 0 Å². The van der Waals surface area contributed by atoms with Gasteiger partial charge in [-0.05, 0) is 0 Å². The van der Waals surface area contributed by atoms with Gasteiger partial charge in [0.05, 0.1) is 0 Å². The van der Waals surface area contributed by atoms with Gasteiger partial charge in [0.2, 0.25) is 0 Å². The number of ether oxygens (including phenoxy) is 2. The van der Waals surface area contributed by atoms with Gasteiger partial charge in [0, 0.05) is 0 Å². The Labute approximate surface area is 308 Å². The Morgan fingerprint density at radius 3 is 1.73 bits per heavy atom. The summed E-state index contributed by atoms with van der Waals surface area (Å²) in [7, 11) is 0. The Kier molecular flexibility index (Phi) is 14.5. The number of rotatable bonds is 21. The van der Waals surface area contributed by atoms with Crippen LogP contribution in [0.2, 0.25) is 13.3 Å². The van der Waals surface area contributed by atoms with Crippen LogP contribution in [-0.2, 0) is 5.41 Å². The molecule has 0 spiro atoms. The van der Waals surface area contributed by atoms with Gasteiger partial charge < -0.3 is 0 Å². The van der Waals surface area contributed by atoms with Crippen LogP contribution >= 0.6 is 11.3 Å². The van der Waals surface area contributed by atoms with Crippen molar-refractivity contribution < 1.29 is 9.47 Å². The van der Waals surface area contributed by atoms with E-state index in [4.69, 9.17) is 15.9 Å². The van der Waals surface area contributed by atoms with E-state index in [1.54, 1.807) is 2.89 Å². The van der Waals surface area contributed by atoms with E-state index in [0.717, 1.165) is 17.1 Å². The molecule has 2 heterocycles. The Morgan fingerprint density at radius 2 is 1.18 bits per heavy atom. The zero-order chi connectivity index (χ0) is 34.7. The van der Waals surface area contributed by atoms with Crippen LogP contribution in [0.1, 0.15) is 154 Å². The van der Waals surface area contributed by atoms with Crippen LogP contribution in [0.3, 0.4) is 0 Å². The molecule has 3 aromatic rings. The van der Waals surface area contributed by atoms with Gasteiger partial charge in [-0.15, -0.1) is 0 Å². The molecule has 0 unspecified atom stereocenters. The molecule has 0 N–H and O–H groups in total. The summed E-state index contributed by atoms with van der Waals surface area (Å²) in [5, 5.41) is 0. The molecular weight excluding hydrogens is 723 g/mol. The number of unbranched alkanes of at least 4 members (excludes halogenated alkanes) is 9. The fourth-order valence-corrected chi connectivity index (χ4v) is 29.6. The van der Waals surface area contributed by atoms with E-state index >= 15 is 0 Å². The fraction of sp³-hybridized carbons (Fsp3) is 0.600. The van der Waals surface area contributed by atoms with E-state index in [2.05, 4.69) is 88.3 Å². The topological polar surface area (TPSA) is 18.5 Å². The van der Waals surface area contributed by atoms with Crippen molar-refractivity contribution in [1.29, 1.82) is 0 Å². The summed E-state index contributed by atoms with van der Waals surface area (Å²) < 4.78 is 19.3. The van der Waals surface area contributed by atoms with Gasteiger partial charge in [-0.1, -0.05) is 13.8 Å². The fourth-order valence-electron chi connectivity index (χ4n) is 8.85. The minimum absolute atomic E-state index is 0.00110. The van der Waals surface area contributed by atoms with Crippen molar-refractivity contribution in [2.45, 2.75) is 156 Å². The van der Waals surface area contributed by atoms with Crippen LogP contribution in [0.15, 0.2) is 36.4 Å². The van der Waals surface area contributed by atoms with E-state index in [1.165, 1.54) is 149 Å². The Balaban J connectivity index is 1.67. The number of fused-ring (bicyclic) bond motifs is 4. The van der Waals surface area contributed by atoms with Crippen LogP contribution in [0.4, 0.5) is 0 Å². The normalized spacial score (nSPS) is 14.4. The third-order valence-electron chi connectivity index (χ3n) is 11.6. The summed E-state index contributed by atoms with van der Waals surface area (Å²) in [4.78, 5) is 1.32. The second-order valence-corrected chi connectivity index (χ2v) is 30.1. The Morgan fingerprint density at radius 1 is 0.653 bits per heavy atom. The molecule has 4 heteroatoms. The van der Waals surface area contributed by atoms with Gasteiger partial charge in [0.25, 0.3) is 0 Å². The summed E-state index contributed by atoms with van der Waals surface area (Å²) in [6.45, 7) is 13.1. The summed E-state index contributed by atoms with van der Waals surface area (Å²) in [5.74, 6) is 5.19. The van der Waals surface area contributed by atoms with E-state index in [-0.39, 0.29) is 5.41 Å². The zero-order valence-corrected chi connectivity index (χ0v) is 35.3. The molecule has 0 bridgehead atoms. The van der Waals surface area contributed by atoms with Crippen LogP contribution in [-0.4, -0.2) is 31.6 Å². The zero-order valence-electron chi connectivity index (χ0n) is 31.6. The maximum absolute atomic E-state index is 6.68. The number of benzene rings is 2. The summed E-state index contributed by atoms with van der Waals surface area (Å²) in [5.41, 5.74) is 8.16. The monoisotopic (exact) mass is 788 g/mol. The first kappa shape index (κ1) is 38.3. The standard InChI is InChI=1S/C33H37O2S.3C4H9.Sn/c1-4-7-9-11-17-33(18-12-10-8-5-2)28-21-24(6-3)13-15-26(28)27-16-14-25(22-29(27)33)32-31-30(23-36-32)34-19-20-35-31;3*1-3-4-2;/h3,13-16,21-22H,4-5,7-12,17-20H2,1-2H3;3*1,3-4H2,2H3;. The minimum atomic E-state index is -2.79. The van der Waals surface area contributed by atoms with Gasteiger partial charge in [-0.3, -0.25) is 0 Å². The molecule has 0 atom stereocenters. The maximum atomic E-state index is 6.68. The second-order valence-electron chi connectivity index (χ2n) is 15.1. The molecule has 0 amide bonds. The van der Waals surface area contributed by atoms with Crippen molar-refractivity contribution in [2.24, 2.45) is 0 Å². The van der Waals surface area contributed by atoms with E-state index in [1.807, 2.05) is 0 Å². The van der Waals surface area contributed by atoms with Crippen LogP contribution in [0, 0.1) is 12.3 Å². The molecule has 2 aromatic carbocycles. The van der Waals surface area contributed by atoms with Crippen molar-refractivity contribution >= 4 is 32.6 Å².